The number of methoxy groups -OCH3 is 2. The fourth-order valence-corrected chi connectivity index (χ4v) is 3.17. The van der Waals surface area contributed by atoms with Crippen LogP contribution < -0.4 is 20.1 Å². The summed E-state index contributed by atoms with van der Waals surface area (Å²) in [4.78, 5) is 16.9. The molecule has 3 aromatic carbocycles. The zero-order valence-corrected chi connectivity index (χ0v) is 17.7. The number of carbonyl (C=O) groups excluding carboxylic acids is 1. The minimum atomic E-state index is -0.333. The molecular formula is C23H19N3O4S. The molecule has 4 aromatic rings. The predicted octanol–water partition coefficient (Wildman–Crippen LogP) is 4.64. The molecule has 4 rings (SSSR count). The van der Waals surface area contributed by atoms with Crippen LogP contribution in [0.3, 0.4) is 0 Å². The first kappa shape index (κ1) is 20.4. The van der Waals surface area contributed by atoms with Crippen LogP contribution in [0.4, 0.5) is 5.69 Å². The van der Waals surface area contributed by atoms with Crippen LogP contribution in [0.5, 0.6) is 11.5 Å². The largest absolute Gasteiger partial charge is 0.497 e. The Morgan fingerprint density at radius 3 is 2.48 bits per heavy atom. The van der Waals surface area contributed by atoms with Gasteiger partial charge in [0.25, 0.3) is 5.91 Å². The van der Waals surface area contributed by atoms with Crippen LogP contribution in [0.15, 0.2) is 71.1 Å². The van der Waals surface area contributed by atoms with E-state index in [4.69, 9.17) is 26.1 Å². The summed E-state index contributed by atoms with van der Waals surface area (Å²) < 4.78 is 16.2. The van der Waals surface area contributed by atoms with Crippen LogP contribution in [0, 0.1) is 0 Å². The van der Waals surface area contributed by atoms with E-state index < -0.39 is 0 Å². The molecule has 0 radical (unpaired) electrons. The van der Waals surface area contributed by atoms with Crippen molar-refractivity contribution in [3.63, 3.8) is 0 Å². The number of benzene rings is 3. The number of carbonyl (C=O) groups is 1. The van der Waals surface area contributed by atoms with Crippen molar-refractivity contribution in [2.45, 2.75) is 0 Å². The molecule has 0 fully saturated rings. The standard InChI is InChI=1S/C23H19N3O4S/c1-28-17-9-6-14(7-10-17)22-25-19-13-16(8-11-20(19)30-22)24-23(31)26-21(27)15-4-3-5-18(12-15)29-2/h3-13H,1-2H3,(H2,24,26,27,31). The van der Waals surface area contributed by atoms with Gasteiger partial charge in [-0.1, -0.05) is 6.07 Å². The van der Waals surface area contributed by atoms with Crippen molar-refractivity contribution in [2.75, 3.05) is 19.5 Å². The lowest BCUT2D eigenvalue weighted by molar-refractivity contribution is 0.0977. The number of amides is 1. The monoisotopic (exact) mass is 433 g/mol. The van der Waals surface area contributed by atoms with E-state index in [1.807, 2.05) is 24.3 Å². The molecular weight excluding hydrogens is 414 g/mol. The molecule has 0 saturated carbocycles. The molecule has 156 valence electrons. The van der Waals surface area contributed by atoms with E-state index in [2.05, 4.69) is 15.6 Å². The van der Waals surface area contributed by atoms with Gasteiger partial charge in [0, 0.05) is 16.8 Å². The summed E-state index contributed by atoms with van der Waals surface area (Å²) in [5.74, 6) is 1.52. The molecule has 0 aliphatic rings. The quantitative estimate of drug-likeness (QED) is 0.444. The molecule has 7 nitrogen and oxygen atoms in total. The molecule has 0 spiro atoms. The normalized spacial score (nSPS) is 10.5. The summed E-state index contributed by atoms with van der Waals surface area (Å²) >= 11 is 5.27. The Morgan fingerprint density at radius 1 is 0.968 bits per heavy atom. The number of nitrogens with zero attached hydrogens (tertiary/aromatic N) is 1. The molecule has 1 aromatic heterocycles. The first-order chi connectivity index (χ1) is 15.1. The molecule has 1 amide bonds. The maximum absolute atomic E-state index is 12.4. The smallest absolute Gasteiger partial charge is 0.257 e. The molecule has 0 aliphatic heterocycles. The van der Waals surface area contributed by atoms with Crippen LogP contribution in [0.1, 0.15) is 10.4 Å². The van der Waals surface area contributed by atoms with Crippen molar-refractivity contribution in [1.82, 2.24) is 10.3 Å². The highest BCUT2D eigenvalue weighted by molar-refractivity contribution is 7.80. The third kappa shape index (κ3) is 4.65. The Kier molecular flexibility index (Phi) is 5.81. The summed E-state index contributed by atoms with van der Waals surface area (Å²) in [6.45, 7) is 0. The number of nitrogens with one attached hydrogen (secondary N) is 2. The second-order valence-corrected chi connectivity index (χ2v) is 6.98. The van der Waals surface area contributed by atoms with Gasteiger partial charge in [-0.05, 0) is 72.9 Å². The average molecular weight is 433 g/mol. The number of ether oxygens (including phenoxy) is 2. The van der Waals surface area contributed by atoms with Crippen LogP contribution in [-0.2, 0) is 0 Å². The van der Waals surface area contributed by atoms with Crippen molar-refractivity contribution >= 4 is 40.0 Å². The van der Waals surface area contributed by atoms with E-state index in [0.29, 0.717) is 34.0 Å². The van der Waals surface area contributed by atoms with Gasteiger partial charge in [0.15, 0.2) is 10.7 Å². The Hall–Kier alpha value is -3.91. The lowest BCUT2D eigenvalue weighted by atomic mass is 10.2. The van der Waals surface area contributed by atoms with Crippen LogP contribution in [0.2, 0.25) is 0 Å². The minimum absolute atomic E-state index is 0.172. The van der Waals surface area contributed by atoms with Crippen LogP contribution >= 0.6 is 12.2 Å². The highest BCUT2D eigenvalue weighted by Crippen LogP contribution is 2.27. The number of oxazole rings is 1. The van der Waals surface area contributed by atoms with Gasteiger partial charge in [-0.15, -0.1) is 0 Å². The minimum Gasteiger partial charge on any atom is -0.497 e. The van der Waals surface area contributed by atoms with Gasteiger partial charge in [0.05, 0.1) is 14.2 Å². The van der Waals surface area contributed by atoms with Gasteiger partial charge in [0.2, 0.25) is 5.89 Å². The van der Waals surface area contributed by atoms with Gasteiger partial charge in [-0.25, -0.2) is 4.98 Å². The molecule has 8 heteroatoms. The Bertz CT molecular complexity index is 1250. The lowest BCUT2D eigenvalue weighted by Gasteiger charge is -2.10. The van der Waals surface area contributed by atoms with E-state index in [1.54, 1.807) is 56.7 Å². The number of hydrogen-bond acceptors (Lipinski definition) is 6. The van der Waals surface area contributed by atoms with E-state index in [1.165, 1.54) is 0 Å². The van der Waals surface area contributed by atoms with Crippen LogP contribution in [0.25, 0.3) is 22.6 Å². The van der Waals surface area contributed by atoms with E-state index in [-0.39, 0.29) is 11.0 Å². The number of fused-ring (bicyclic) bond motifs is 1. The number of rotatable bonds is 5. The molecule has 0 bridgehead atoms. The fraction of sp³-hybridized carbons (Fsp3) is 0.0870. The summed E-state index contributed by atoms with van der Waals surface area (Å²) in [5, 5.41) is 5.83. The molecule has 0 atom stereocenters. The first-order valence-corrected chi connectivity index (χ1v) is 9.78. The number of aromatic nitrogens is 1. The average Bonchev–Trinajstić information content (AvgIpc) is 3.22. The topological polar surface area (TPSA) is 85.6 Å². The molecule has 0 aliphatic carbocycles. The van der Waals surface area contributed by atoms with Gasteiger partial charge in [-0.2, -0.15) is 0 Å². The Balaban J connectivity index is 1.46. The number of thiocarbonyl (C=S) groups is 1. The van der Waals surface area contributed by atoms with Crippen molar-refractivity contribution in [3.8, 4) is 23.0 Å². The molecule has 0 saturated heterocycles. The van der Waals surface area contributed by atoms with Gasteiger partial charge in [0.1, 0.15) is 17.0 Å². The Morgan fingerprint density at radius 2 is 1.74 bits per heavy atom. The lowest BCUT2D eigenvalue weighted by Crippen LogP contribution is -2.34. The van der Waals surface area contributed by atoms with Crippen molar-refractivity contribution in [2.24, 2.45) is 0 Å². The van der Waals surface area contributed by atoms with Crippen molar-refractivity contribution in [3.05, 3.63) is 72.3 Å². The highest BCUT2D eigenvalue weighted by Gasteiger charge is 2.12. The van der Waals surface area contributed by atoms with E-state index in [9.17, 15) is 4.79 Å². The van der Waals surface area contributed by atoms with E-state index >= 15 is 0 Å². The first-order valence-electron chi connectivity index (χ1n) is 9.37. The maximum Gasteiger partial charge on any atom is 0.257 e. The molecule has 0 unspecified atom stereocenters. The zero-order valence-electron chi connectivity index (χ0n) is 16.8. The van der Waals surface area contributed by atoms with Gasteiger partial charge < -0.3 is 19.2 Å². The van der Waals surface area contributed by atoms with Crippen LogP contribution in [-0.4, -0.2) is 30.2 Å². The molecule has 31 heavy (non-hydrogen) atoms. The SMILES string of the molecule is COc1ccc(-c2nc3cc(NC(=S)NC(=O)c4cccc(OC)c4)ccc3o2)cc1. The summed E-state index contributed by atoms with van der Waals surface area (Å²) in [7, 11) is 3.16. The predicted molar refractivity (Wildman–Crippen MR) is 123 cm³/mol. The second kappa shape index (κ2) is 8.85. The fourth-order valence-electron chi connectivity index (χ4n) is 2.96. The van der Waals surface area contributed by atoms with E-state index in [0.717, 1.165) is 11.3 Å². The summed E-state index contributed by atoms with van der Waals surface area (Å²) in [6, 6.07) is 19.7. The van der Waals surface area contributed by atoms with Gasteiger partial charge >= 0.3 is 0 Å². The molecule has 1 heterocycles. The summed E-state index contributed by atoms with van der Waals surface area (Å²) in [6.07, 6.45) is 0. The zero-order chi connectivity index (χ0) is 21.8. The second-order valence-electron chi connectivity index (χ2n) is 6.57. The maximum atomic E-state index is 12.4. The number of hydrogen-bond donors (Lipinski definition) is 2. The van der Waals surface area contributed by atoms with Crippen molar-refractivity contribution < 1.29 is 18.7 Å². The number of anilines is 1. The van der Waals surface area contributed by atoms with Gasteiger partial charge in [-0.3, -0.25) is 10.1 Å². The third-order valence-electron chi connectivity index (χ3n) is 4.54. The summed E-state index contributed by atoms with van der Waals surface area (Å²) in [5.41, 5.74) is 3.27. The molecule has 2 N–H and O–H groups in total. The van der Waals surface area contributed by atoms with Crippen molar-refractivity contribution in [1.29, 1.82) is 0 Å². The Labute approximate surface area is 184 Å². The highest BCUT2D eigenvalue weighted by atomic mass is 32.1. The third-order valence-corrected chi connectivity index (χ3v) is 4.75.